The van der Waals surface area contributed by atoms with Gasteiger partial charge in [0.1, 0.15) is 0 Å². The van der Waals surface area contributed by atoms with E-state index in [-0.39, 0.29) is 5.91 Å². The van der Waals surface area contributed by atoms with Crippen molar-refractivity contribution >= 4 is 17.7 Å². The quantitative estimate of drug-likeness (QED) is 0.878. The fourth-order valence-electron chi connectivity index (χ4n) is 2.17. The average molecular weight is 303 g/mol. The van der Waals surface area contributed by atoms with E-state index in [1.165, 1.54) is 11.8 Å². The third-order valence-corrected chi connectivity index (χ3v) is 4.21. The van der Waals surface area contributed by atoms with E-state index in [0.29, 0.717) is 32.1 Å². The lowest BCUT2D eigenvalue weighted by atomic mass is 10.2. The number of rotatable bonds is 4. The van der Waals surface area contributed by atoms with Gasteiger partial charge in [-0.15, -0.1) is 0 Å². The molecule has 1 amide bonds. The lowest BCUT2D eigenvalue weighted by molar-refractivity contribution is -0.132. The molecule has 0 bridgehead atoms. The zero-order valence-corrected chi connectivity index (χ0v) is 12.4. The van der Waals surface area contributed by atoms with Crippen molar-refractivity contribution in [3.63, 3.8) is 0 Å². The van der Waals surface area contributed by atoms with E-state index in [1.54, 1.807) is 6.20 Å². The van der Waals surface area contributed by atoms with Gasteiger partial charge >= 0.3 is 0 Å². The first-order valence-corrected chi connectivity index (χ1v) is 7.90. The van der Waals surface area contributed by atoms with E-state index >= 15 is 0 Å². The molecule has 1 N–H and O–H groups in total. The molecule has 1 aliphatic rings. The van der Waals surface area contributed by atoms with Crippen molar-refractivity contribution in [2.24, 2.45) is 0 Å². The number of carbonyl (C=O) groups excluding carboxylic acids is 1. The standard InChI is InChI=1S/C15H17N3O2S/c19-14(18-6-8-20-9-7-18)11-21-15-16-10-13(17-15)12-4-2-1-3-5-12/h1-5,10H,6-9,11H2,(H,16,17). The van der Waals surface area contributed by atoms with Crippen molar-refractivity contribution < 1.29 is 9.53 Å². The number of H-pyrrole nitrogens is 1. The minimum absolute atomic E-state index is 0.140. The highest BCUT2D eigenvalue weighted by Crippen LogP contribution is 2.21. The molecule has 2 aromatic rings. The molecule has 1 aliphatic heterocycles. The predicted molar refractivity (Wildman–Crippen MR) is 82.1 cm³/mol. The second-order valence-corrected chi connectivity index (χ2v) is 5.71. The summed E-state index contributed by atoms with van der Waals surface area (Å²) in [5.41, 5.74) is 2.06. The summed E-state index contributed by atoms with van der Waals surface area (Å²) in [5, 5.41) is 0.774. The highest BCUT2D eigenvalue weighted by atomic mass is 32.2. The summed E-state index contributed by atoms with van der Waals surface area (Å²) in [6.45, 7) is 2.64. The van der Waals surface area contributed by atoms with Crippen LogP contribution in [-0.2, 0) is 9.53 Å². The molecule has 0 aliphatic carbocycles. The van der Waals surface area contributed by atoms with Crippen LogP contribution in [-0.4, -0.2) is 52.8 Å². The molecule has 3 rings (SSSR count). The predicted octanol–water partition coefficient (Wildman–Crippen LogP) is 2.03. The summed E-state index contributed by atoms with van der Waals surface area (Å²) >= 11 is 1.44. The topological polar surface area (TPSA) is 58.2 Å². The van der Waals surface area contributed by atoms with Crippen LogP contribution in [0.2, 0.25) is 0 Å². The molecule has 0 unspecified atom stereocenters. The first kappa shape index (κ1) is 14.2. The minimum atomic E-state index is 0.140. The Bertz CT molecular complexity index is 594. The van der Waals surface area contributed by atoms with E-state index in [4.69, 9.17) is 4.74 Å². The van der Waals surface area contributed by atoms with Crippen molar-refractivity contribution in [1.82, 2.24) is 14.9 Å². The van der Waals surface area contributed by atoms with Crippen molar-refractivity contribution in [2.75, 3.05) is 32.1 Å². The van der Waals surface area contributed by atoms with Gasteiger partial charge in [0.15, 0.2) is 5.16 Å². The van der Waals surface area contributed by atoms with Crippen LogP contribution in [0.15, 0.2) is 41.7 Å². The number of amides is 1. The molecule has 2 heterocycles. The monoisotopic (exact) mass is 303 g/mol. The summed E-state index contributed by atoms with van der Waals surface area (Å²) in [5.74, 6) is 0.544. The van der Waals surface area contributed by atoms with Crippen LogP contribution in [0.4, 0.5) is 0 Å². The zero-order valence-electron chi connectivity index (χ0n) is 11.6. The lowest BCUT2D eigenvalue weighted by Crippen LogP contribution is -2.41. The molecular formula is C15H17N3O2S. The Morgan fingerprint density at radius 1 is 1.29 bits per heavy atom. The minimum Gasteiger partial charge on any atom is -0.378 e. The van der Waals surface area contributed by atoms with Gasteiger partial charge in [0.05, 0.1) is 30.9 Å². The van der Waals surface area contributed by atoms with E-state index in [9.17, 15) is 4.79 Å². The first-order valence-electron chi connectivity index (χ1n) is 6.92. The molecule has 0 radical (unpaired) electrons. The number of nitrogens with one attached hydrogen (secondary N) is 1. The van der Waals surface area contributed by atoms with Gasteiger partial charge in [-0.2, -0.15) is 0 Å². The highest BCUT2D eigenvalue weighted by molar-refractivity contribution is 7.99. The maximum absolute atomic E-state index is 12.1. The van der Waals surface area contributed by atoms with Gasteiger partial charge in [0.25, 0.3) is 0 Å². The Hall–Kier alpha value is -1.79. The Morgan fingerprint density at radius 3 is 2.81 bits per heavy atom. The number of carbonyl (C=O) groups is 1. The van der Waals surface area contributed by atoms with Crippen LogP contribution in [0.3, 0.4) is 0 Å². The van der Waals surface area contributed by atoms with Gasteiger partial charge in [-0.1, -0.05) is 42.1 Å². The first-order chi connectivity index (χ1) is 10.3. The zero-order chi connectivity index (χ0) is 14.5. The molecule has 6 heteroatoms. The van der Waals surface area contributed by atoms with Crippen molar-refractivity contribution in [3.05, 3.63) is 36.5 Å². The fourth-order valence-corrected chi connectivity index (χ4v) is 2.93. The SMILES string of the molecule is O=C(CSc1ncc(-c2ccccc2)[nH]1)N1CCOCC1. The molecule has 1 fully saturated rings. The van der Waals surface area contributed by atoms with Gasteiger partial charge < -0.3 is 14.6 Å². The van der Waals surface area contributed by atoms with E-state index < -0.39 is 0 Å². The number of hydrogen-bond donors (Lipinski definition) is 1. The fraction of sp³-hybridized carbons (Fsp3) is 0.333. The maximum atomic E-state index is 12.1. The van der Waals surface area contributed by atoms with Crippen LogP contribution >= 0.6 is 11.8 Å². The van der Waals surface area contributed by atoms with Gasteiger partial charge in [-0.3, -0.25) is 4.79 Å². The van der Waals surface area contributed by atoms with Gasteiger partial charge in [0.2, 0.25) is 5.91 Å². The van der Waals surface area contributed by atoms with Gasteiger partial charge in [0, 0.05) is 13.1 Å². The van der Waals surface area contributed by atoms with Crippen LogP contribution in [0.1, 0.15) is 0 Å². The smallest absolute Gasteiger partial charge is 0.233 e. The molecule has 21 heavy (non-hydrogen) atoms. The second kappa shape index (κ2) is 6.78. The Labute approximate surface area is 127 Å². The van der Waals surface area contributed by atoms with Crippen LogP contribution in [0, 0.1) is 0 Å². The second-order valence-electron chi connectivity index (χ2n) is 4.75. The van der Waals surface area contributed by atoms with Crippen molar-refractivity contribution in [2.45, 2.75) is 5.16 Å². The summed E-state index contributed by atoms with van der Waals surface area (Å²) in [7, 11) is 0. The average Bonchev–Trinajstić information content (AvgIpc) is 3.03. The lowest BCUT2D eigenvalue weighted by Gasteiger charge is -2.26. The number of nitrogens with zero attached hydrogens (tertiary/aromatic N) is 2. The molecule has 110 valence electrons. The summed E-state index contributed by atoms with van der Waals surface area (Å²) in [6, 6.07) is 10.0. The van der Waals surface area contributed by atoms with Crippen LogP contribution in [0.25, 0.3) is 11.3 Å². The number of aromatic amines is 1. The number of aromatic nitrogens is 2. The molecule has 0 saturated carbocycles. The number of imidazole rings is 1. The number of ether oxygens (including phenoxy) is 1. The molecule has 0 spiro atoms. The van der Waals surface area contributed by atoms with Crippen LogP contribution in [0.5, 0.6) is 0 Å². The van der Waals surface area contributed by atoms with Gasteiger partial charge in [-0.05, 0) is 5.56 Å². The number of morpholine rings is 1. The Kier molecular flexibility index (Phi) is 4.57. The van der Waals surface area contributed by atoms with E-state index in [1.807, 2.05) is 35.2 Å². The van der Waals surface area contributed by atoms with Crippen molar-refractivity contribution in [3.8, 4) is 11.3 Å². The number of hydrogen-bond acceptors (Lipinski definition) is 4. The summed E-state index contributed by atoms with van der Waals surface area (Å²) in [6.07, 6.45) is 1.80. The van der Waals surface area contributed by atoms with Gasteiger partial charge in [-0.25, -0.2) is 4.98 Å². The third kappa shape index (κ3) is 3.65. The molecule has 1 aromatic heterocycles. The summed E-state index contributed by atoms with van der Waals surface area (Å²) in [4.78, 5) is 21.5. The molecule has 1 saturated heterocycles. The van der Waals surface area contributed by atoms with E-state index in [2.05, 4.69) is 9.97 Å². The molecule has 5 nitrogen and oxygen atoms in total. The number of benzene rings is 1. The maximum Gasteiger partial charge on any atom is 0.233 e. The summed E-state index contributed by atoms with van der Waals surface area (Å²) < 4.78 is 5.25. The third-order valence-electron chi connectivity index (χ3n) is 3.33. The molecule has 1 aromatic carbocycles. The normalized spacial score (nSPS) is 15.1. The Balaban J connectivity index is 1.56. The van der Waals surface area contributed by atoms with Crippen molar-refractivity contribution in [1.29, 1.82) is 0 Å². The molecule has 0 atom stereocenters. The van der Waals surface area contributed by atoms with E-state index in [0.717, 1.165) is 16.4 Å². The number of thioether (sulfide) groups is 1. The Morgan fingerprint density at radius 2 is 2.05 bits per heavy atom. The van der Waals surface area contributed by atoms with Crippen LogP contribution < -0.4 is 0 Å². The highest BCUT2D eigenvalue weighted by Gasteiger charge is 2.17. The molecular weight excluding hydrogens is 286 g/mol. The largest absolute Gasteiger partial charge is 0.378 e.